The van der Waals surface area contributed by atoms with Crippen LogP contribution in [0.15, 0.2) is 54.1 Å². The van der Waals surface area contributed by atoms with E-state index in [2.05, 4.69) is 27.9 Å². The van der Waals surface area contributed by atoms with Gasteiger partial charge < -0.3 is 25.2 Å². The molecule has 10 heteroatoms. The molecule has 2 aromatic rings. The molecule has 0 saturated heterocycles. The van der Waals surface area contributed by atoms with Crippen LogP contribution in [0, 0.1) is 3.57 Å². The van der Waals surface area contributed by atoms with Gasteiger partial charge in [-0.1, -0.05) is 48.3 Å². The van der Waals surface area contributed by atoms with Gasteiger partial charge in [0.05, 0.1) is 16.2 Å². The first-order valence-electron chi connectivity index (χ1n) is 11.2. The molecular weight excluding hydrogens is 606 g/mol. The van der Waals surface area contributed by atoms with E-state index in [4.69, 9.17) is 33.0 Å². The summed E-state index contributed by atoms with van der Waals surface area (Å²) < 4.78 is 6.96. The zero-order valence-corrected chi connectivity index (χ0v) is 22.8. The summed E-state index contributed by atoms with van der Waals surface area (Å²) >= 11 is 14.5. The van der Waals surface area contributed by atoms with Crippen LogP contribution in [0.1, 0.15) is 25.3 Å². The summed E-state index contributed by atoms with van der Waals surface area (Å²) in [5, 5.41) is 24.0. The molecule has 2 amide bonds. The van der Waals surface area contributed by atoms with Crippen molar-refractivity contribution in [2.75, 3.05) is 13.2 Å². The van der Waals surface area contributed by atoms with Gasteiger partial charge in [-0.25, -0.2) is 0 Å². The van der Waals surface area contributed by atoms with Crippen molar-refractivity contribution >= 4 is 57.6 Å². The molecule has 7 nitrogen and oxygen atoms in total. The van der Waals surface area contributed by atoms with Crippen molar-refractivity contribution in [3.05, 3.63) is 73.3 Å². The van der Waals surface area contributed by atoms with Crippen molar-refractivity contribution in [3.63, 3.8) is 0 Å². The van der Waals surface area contributed by atoms with Crippen molar-refractivity contribution < 1.29 is 24.5 Å². The molecule has 0 unspecified atom stereocenters. The fourth-order valence-electron chi connectivity index (χ4n) is 3.89. The maximum atomic E-state index is 13.1. The fraction of sp³-hybridized carbons (Fsp3) is 0.360. The number of nitrogens with zero attached hydrogens (tertiary/aromatic N) is 1. The molecule has 3 rings (SSSR count). The number of benzene rings is 2. The van der Waals surface area contributed by atoms with E-state index in [9.17, 15) is 14.7 Å². The number of carbonyl (C=O) groups excluding carboxylic acids is 2. The average molecular weight is 633 g/mol. The second kappa shape index (κ2) is 12.9. The van der Waals surface area contributed by atoms with Crippen LogP contribution >= 0.6 is 45.8 Å². The maximum Gasteiger partial charge on any atom is 0.247 e. The molecule has 1 aliphatic carbocycles. The van der Waals surface area contributed by atoms with Crippen molar-refractivity contribution in [1.82, 2.24) is 10.2 Å². The Hall–Kier alpha value is -1.85. The average Bonchev–Trinajstić information content (AvgIpc) is 2.84. The molecule has 3 atom stereocenters. The van der Waals surface area contributed by atoms with Gasteiger partial charge in [-0.05, 0) is 58.5 Å². The number of amides is 2. The number of ether oxygens (including phenoxy) is 1. The van der Waals surface area contributed by atoms with Crippen molar-refractivity contribution in [3.8, 4) is 5.75 Å². The second-order valence-corrected chi connectivity index (χ2v) is 10.1. The number of para-hydroxylation sites is 1. The van der Waals surface area contributed by atoms with Gasteiger partial charge in [0.25, 0.3) is 0 Å². The van der Waals surface area contributed by atoms with Crippen LogP contribution in [0.4, 0.5) is 0 Å². The Balaban J connectivity index is 1.97. The van der Waals surface area contributed by atoms with E-state index in [1.54, 1.807) is 42.2 Å². The molecule has 188 valence electrons. The van der Waals surface area contributed by atoms with E-state index >= 15 is 0 Å². The third-order valence-corrected chi connectivity index (χ3v) is 7.17. The van der Waals surface area contributed by atoms with Gasteiger partial charge in [0.1, 0.15) is 18.0 Å². The summed E-state index contributed by atoms with van der Waals surface area (Å²) in [7, 11) is 0. The van der Waals surface area contributed by atoms with Crippen LogP contribution in [-0.4, -0.2) is 58.3 Å². The summed E-state index contributed by atoms with van der Waals surface area (Å²) in [4.78, 5) is 27.4. The van der Waals surface area contributed by atoms with Gasteiger partial charge >= 0.3 is 0 Å². The van der Waals surface area contributed by atoms with Crippen LogP contribution in [0.5, 0.6) is 5.75 Å². The van der Waals surface area contributed by atoms with Crippen LogP contribution in [-0.2, 0) is 16.1 Å². The SMILES string of the molecule is CCC(=O)N(Cc1ccc(Cl)cc1Cl)[C@@H]1CC(C(=O)NCCO)=C[C@H](Oc2ccccc2I)[C@H]1O. The smallest absolute Gasteiger partial charge is 0.247 e. The lowest BCUT2D eigenvalue weighted by molar-refractivity contribution is -0.139. The zero-order valence-electron chi connectivity index (χ0n) is 19.1. The minimum atomic E-state index is -1.11. The standard InChI is InChI=1S/C25H27Cl2IN2O5/c1-2-23(32)30(14-15-7-8-17(26)13-18(15)27)20-11-16(25(34)29-9-10-31)12-22(24(20)33)35-21-6-4-3-5-19(21)28/h3-8,12-13,20,22,24,31,33H,2,9-11,14H2,1H3,(H,29,34)/t20-,22+,24+/m1/s1. The number of hydrogen-bond acceptors (Lipinski definition) is 5. The Bertz CT molecular complexity index is 1100. The van der Waals surface area contributed by atoms with Gasteiger partial charge in [-0.2, -0.15) is 0 Å². The quantitative estimate of drug-likeness (QED) is 0.364. The first-order chi connectivity index (χ1) is 16.7. The molecular formula is C25H27Cl2IN2O5. The third kappa shape index (κ3) is 7.10. The number of rotatable bonds is 9. The molecule has 0 aliphatic heterocycles. The van der Waals surface area contributed by atoms with Crippen LogP contribution < -0.4 is 10.1 Å². The van der Waals surface area contributed by atoms with Gasteiger partial charge in [0.15, 0.2) is 0 Å². The van der Waals surface area contributed by atoms with Crippen molar-refractivity contribution in [2.45, 2.75) is 44.6 Å². The third-order valence-electron chi connectivity index (χ3n) is 5.69. The molecule has 0 bridgehead atoms. The van der Waals surface area contributed by atoms with E-state index < -0.39 is 18.2 Å². The predicted octanol–water partition coefficient (Wildman–Crippen LogP) is 3.95. The monoisotopic (exact) mass is 632 g/mol. The number of hydrogen-bond donors (Lipinski definition) is 3. The summed E-state index contributed by atoms with van der Waals surface area (Å²) in [6, 6.07) is 11.6. The lowest BCUT2D eigenvalue weighted by atomic mass is 9.87. The Morgan fingerprint density at radius 3 is 2.63 bits per heavy atom. The fourth-order valence-corrected chi connectivity index (χ4v) is 4.88. The zero-order chi connectivity index (χ0) is 25.5. The van der Waals surface area contributed by atoms with Gasteiger partial charge in [-0.15, -0.1) is 0 Å². The summed E-state index contributed by atoms with van der Waals surface area (Å²) in [5.74, 6) is -0.0378. The first kappa shape index (κ1) is 27.7. The first-order valence-corrected chi connectivity index (χ1v) is 13.0. The molecule has 35 heavy (non-hydrogen) atoms. The lowest BCUT2D eigenvalue weighted by Gasteiger charge is -2.40. The minimum Gasteiger partial charge on any atom is -0.482 e. The molecule has 0 heterocycles. The molecule has 0 aromatic heterocycles. The number of carbonyl (C=O) groups is 2. The molecule has 1 aliphatic rings. The Labute approximate surface area is 228 Å². The Morgan fingerprint density at radius 2 is 1.97 bits per heavy atom. The van der Waals surface area contributed by atoms with Crippen LogP contribution in [0.25, 0.3) is 0 Å². The van der Waals surface area contributed by atoms with Crippen molar-refractivity contribution in [1.29, 1.82) is 0 Å². The van der Waals surface area contributed by atoms with Gasteiger partial charge in [0.2, 0.25) is 11.8 Å². The highest BCUT2D eigenvalue weighted by Gasteiger charge is 2.40. The highest BCUT2D eigenvalue weighted by atomic mass is 127. The topological polar surface area (TPSA) is 99.1 Å². The van der Waals surface area contributed by atoms with E-state index in [-0.39, 0.29) is 44.4 Å². The lowest BCUT2D eigenvalue weighted by Crippen LogP contribution is -2.54. The molecule has 0 radical (unpaired) electrons. The molecule has 2 aromatic carbocycles. The molecule has 3 N–H and O–H groups in total. The highest BCUT2D eigenvalue weighted by molar-refractivity contribution is 14.1. The van der Waals surface area contributed by atoms with E-state index in [0.717, 1.165) is 3.57 Å². The van der Waals surface area contributed by atoms with Gasteiger partial charge in [0, 0.05) is 41.5 Å². The van der Waals surface area contributed by atoms with E-state index in [0.29, 0.717) is 26.9 Å². The molecule has 0 fully saturated rings. The van der Waals surface area contributed by atoms with Crippen molar-refractivity contribution in [2.24, 2.45) is 0 Å². The number of halogens is 3. The Kier molecular flexibility index (Phi) is 10.2. The predicted molar refractivity (Wildman–Crippen MR) is 143 cm³/mol. The number of nitrogens with one attached hydrogen (secondary N) is 1. The summed E-state index contributed by atoms with van der Waals surface area (Å²) in [6.45, 7) is 1.75. The highest BCUT2D eigenvalue weighted by Crippen LogP contribution is 2.32. The normalized spacial score (nSPS) is 19.6. The van der Waals surface area contributed by atoms with E-state index in [1.807, 2.05) is 18.2 Å². The summed E-state index contributed by atoms with van der Waals surface area (Å²) in [5.41, 5.74) is 1.03. The largest absolute Gasteiger partial charge is 0.482 e. The Morgan fingerprint density at radius 1 is 1.23 bits per heavy atom. The molecule has 0 saturated carbocycles. The number of aliphatic hydroxyl groups is 2. The molecule has 0 spiro atoms. The second-order valence-electron chi connectivity index (χ2n) is 8.06. The maximum absolute atomic E-state index is 13.1. The van der Waals surface area contributed by atoms with Crippen LogP contribution in [0.2, 0.25) is 10.0 Å². The van der Waals surface area contributed by atoms with Gasteiger partial charge in [-0.3, -0.25) is 9.59 Å². The summed E-state index contributed by atoms with van der Waals surface area (Å²) in [6.07, 6.45) is -0.0943. The minimum absolute atomic E-state index is 0.0868. The van der Waals surface area contributed by atoms with E-state index in [1.165, 1.54) is 0 Å². The van der Waals surface area contributed by atoms with Crippen LogP contribution in [0.3, 0.4) is 0 Å². The number of aliphatic hydroxyl groups excluding tert-OH is 2.